The molecule has 0 radical (unpaired) electrons. The van der Waals surface area contributed by atoms with Gasteiger partial charge in [-0.05, 0) is 45.8 Å². The van der Waals surface area contributed by atoms with Gasteiger partial charge in [0.1, 0.15) is 11.5 Å². The quantitative estimate of drug-likeness (QED) is 0.853. The third-order valence-electron chi connectivity index (χ3n) is 4.17. The van der Waals surface area contributed by atoms with Crippen LogP contribution in [-0.2, 0) is 13.1 Å². The summed E-state index contributed by atoms with van der Waals surface area (Å²) in [5.74, 6) is 2.14. The van der Waals surface area contributed by atoms with Crippen LogP contribution in [0.2, 0.25) is 0 Å². The lowest BCUT2D eigenvalue weighted by atomic mass is 9.97. The maximum absolute atomic E-state index is 5.80. The molecule has 0 spiro atoms. The molecule has 3 heteroatoms. The van der Waals surface area contributed by atoms with Gasteiger partial charge in [0.2, 0.25) is 0 Å². The van der Waals surface area contributed by atoms with Crippen LogP contribution in [0.3, 0.4) is 0 Å². The van der Waals surface area contributed by atoms with E-state index in [1.807, 2.05) is 7.05 Å². The lowest BCUT2D eigenvalue weighted by molar-refractivity contribution is 0.131. The Morgan fingerprint density at radius 1 is 1.42 bits per heavy atom. The molecule has 1 fully saturated rings. The molecule has 1 atom stereocenters. The van der Waals surface area contributed by atoms with E-state index in [0.717, 1.165) is 30.7 Å². The Morgan fingerprint density at radius 3 is 3.00 bits per heavy atom. The average Bonchev–Trinajstić information content (AvgIpc) is 2.73. The highest BCUT2D eigenvalue weighted by molar-refractivity contribution is 5.21. The van der Waals surface area contributed by atoms with E-state index in [9.17, 15) is 0 Å². The van der Waals surface area contributed by atoms with Crippen LogP contribution in [0.4, 0.5) is 0 Å². The predicted molar refractivity (Wildman–Crippen MR) is 79.2 cm³/mol. The number of hydrogen-bond acceptors (Lipinski definition) is 3. The summed E-state index contributed by atoms with van der Waals surface area (Å²) in [7, 11) is 1.96. The number of rotatable bonds is 6. The highest BCUT2D eigenvalue weighted by Gasteiger charge is 2.22. The summed E-state index contributed by atoms with van der Waals surface area (Å²) in [4.78, 5) is 2.66. The van der Waals surface area contributed by atoms with Crippen molar-refractivity contribution in [3.63, 3.8) is 0 Å². The predicted octanol–water partition coefficient (Wildman–Crippen LogP) is 3.46. The Bertz CT molecular complexity index is 384. The fourth-order valence-electron chi connectivity index (χ4n) is 3.15. The number of aryl methyl sites for hydroxylation is 1. The molecule has 1 aliphatic rings. The number of nitrogens with one attached hydrogen (secondary N) is 1. The van der Waals surface area contributed by atoms with Crippen LogP contribution in [0.15, 0.2) is 10.5 Å². The van der Waals surface area contributed by atoms with Crippen molar-refractivity contribution in [2.45, 2.75) is 65.1 Å². The molecule has 0 aromatic carbocycles. The maximum Gasteiger partial charge on any atom is 0.118 e. The summed E-state index contributed by atoms with van der Waals surface area (Å²) >= 11 is 0. The molecule has 1 aromatic rings. The second-order valence-corrected chi connectivity index (χ2v) is 5.73. The molecule has 0 bridgehead atoms. The minimum atomic E-state index is 0.779. The van der Waals surface area contributed by atoms with Crippen LogP contribution in [0.1, 0.15) is 56.1 Å². The minimum absolute atomic E-state index is 0.779. The molecule has 0 amide bonds. The number of nitrogens with zero attached hydrogens (tertiary/aromatic N) is 1. The second kappa shape index (κ2) is 7.11. The van der Waals surface area contributed by atoms with E-state index in [-0.39, 0.29) is 0 Å². The summed E-state index contributed by atoms with van der Waals surface area (Å²) in [5.41, 5.74) is 1.37. The number of piperidine rings is 1. The molecule has 2 heterocycles. The first-order valence-corrected chi connectivity index (χ1v) is 7.71. The van der Waals surface area contributed by atoms with Gasteiger partial charge < -0.3 is 9.73 Å². The van der Waals surface area contributed by atoms with Crippen LogP contribution < -0.4 is 5.32 Å². The maximum atomic E-state index is 5.80. The summed E-state index contributed by atoms with van der Waals surface area (Å²) in [6, 6.07) is 3.00. The van der Waals surface area contributed by atoms with Gasteiger partial charge in [0.15, 0.2) is 0 Å². The van der Waals surface area contributed by atoms with E-state index in [4.69, 9.17) is 4.42 Å². The van der Waals surface area contributed by atoms with Gasteiger partial charge in [-0.2, -0.15) is 0 Å². The van der Waals surface area contributed by atoms with Gasteiger partial charge >= 0.3 is 0 Å². The Kier molecular flexibility index (Phi) is 5.46. The van der Waals surface area contributed by atoms with Gasteiger partial charge in [-0.3, -0.25) is 4.90 Å². The fraction of sp³-hybridized carbons (Fsp3) is 0.750. The zero-order chi connectivity index (χ0) is 13.7. The number of hydrogen-bond donors (Lipinski definition) is 1. The zero-order valence-corrected chi connectivity index (χ0v) is 12.7. The van der Waals surface area contributed by atoms with Crippen molar-refractivity contribution in [3.05, 3.63) is 23.2 Å². The monoisotopic (exact) mass is 264 g/mol. The Hall–Kier alpha value is -0.800. The van der Waals surface area contributed by atoms with Crippen LogP contribution in [0, 0.1) is 6.92 Å². The summed E-state index contributed by atoms with van der Waals surface area (Å²) in [6.07, 6.45) is 6.74. The van der Waals surface area contributed by atoms with Crippen LogP contribution in [0.5, 0.6) is 0 Å². The van der Waals surface area contributed by atoms with E-state index in [0.29, 0.717) is 0 Å². The summed E-state index contributed by atoms with van der Waals surface area (Å²) < 4.78 is 5.80. The van der Waals surface area contributed by atoms with Crippen molar-refractivity contribution < 1.29 is 4.42 Å². The van der Waals surface area contributed by atoms with Crippen molar-refractivity contribution in [2.75, 3.05) is 13.6 Å². The highest BCUT2D eigenvalue weighted by Crippen LogP contribution is 2.25. The van der Waals surface area contributed by atoms with Gasteiger partial charge in [-0.15, -0.1) is 0 Å². The van der Waals surface area contributed by atoms with Crippen molar-refractivity contribution in [3.8, 4) is 0 Å². The standard InChI is InChI=1S/C16H28N2O/c1-4-7-15-8-5-6-9-18(15)12-14-10-16(11-17-3)19-13(14)2/h10,15,17H,4-9,11-12H2,1-3H3. The van der Waals surface area contributed by atoms with E-state index in [1.165, 1.54) is 44.2 Å². The Morgan fingerprint density at radius 2 is 2.26 bits per heavy atom. The second-order valence-electron chi connectivity index (χ2n) is 5.73. The van der Waals surface area contributed by atoms with Gasteiger partial charge in [0.05, 0.1) is 6.54 Å². The molecule has 108 valence electrons. The molecular formula is C16H28N2O. The topological polar surface area (TPSA) is 28.4 Å². The molecule has 19 heavy (non-hydrogen) atoms. The first-order valence-electron chi connectivity index (χ1n) is 7.71. The summed E-state index contributed by atoms with van der Waals surface area (Å²) in [5, 5.41) is 3.15. The molecule has 1 saturated heterocycles. The first-order chi connectivity index (χ1) is 9.24. The van der Waals surface area contributed by atoms with Gasteiger partial charge in [-0.25, -0.2) is 0 Å². The average molecular weight is 264 g/mol. The van der Waals surface area contributed by atoms with E-state index in [2.05, 4.69) is 30.1 Å². The third kappa shape index (κ3) is 3.83. The molecule has 2 rings (SSSR count). The molecule has 0 saturated carbocycles. The Balaban J connectivity index is 2.01. The summed E-state index contributed by atoms with van der Waals surface area (Å²) in [6.45, 7) is 7.51. The molecular weight excluding hydrogens is 236 g/mol. The van der Waals surface area contributed by atoms with Crippen LogP contribution >= 0.6 is 0 Å². The van der Waals surface area contributed by atoms with Crippen molar-refractivity contribution >= 4 is 0 Å². The number of furan rings is 1. The third-order valence-corrected chi connectivity index (χ3v) is 4.17. The molecule has 1 aromatic heterocycles. The van der Waals surface area contributed by atoms with Gasteiger partial charge in [0, 0.05) is 18.2 Å². The molecule has 1 unspecified atom stereocenters. The van der Waals surface area contributed by atoms with Crippen LogP contribution in [-0.4, -0.2) is 24.5 Å². The normalized spacial score (nSPS) is 20.9. The zero-order valence-electron chi connectivity index (χ0n) is 12.7. The van der Waals surface area contributed by atoms with Crippen molar-refractivity contribution in [1.82, 2.24) is 10.2 Å². The van der Waals surface area contributed by atoms with Crippen molar-refractivity contribution in [2.24, 2.45) is 0 Å². The largest absolute Gasteiger partial charge is 0.465 e. The lowest BCUT2D eigenvalue weighted by Crippen LogP contribution is -2.38. The molecule has 0 aliphatic carbocycles. The van der Waals surface area contributed by atoms with Gasteiger partial charge in [-0.1, -0.05) is 19.8 Å². The molecule has 3 nitrogen and oxygen atoms in total. The van der Waals surface area contributed by atoms with E-state index in [1.54, 1.807) is 0 Å². The van der Waals surface area contributed by atoms with Crippen LogP contribution in [0.25, 0.3) is 0 Å². The van der Waals surface area contributed by atoms with E-state index >= 15 is 0 Å². The molecule has 1 aliphatic heterocycles. The highest BCUT2D eigenvalue weighted by atomic mass is 16.3. The van der Waals surface area contributed by atoms with Gasteiger partial charge in [0.25, 0.3) is 0 Å². The Labute approximate surface area is 117 Å². The number of likely N-dealkylation sites (tertiary alicyclic amines) is 1. The SMILES string of the molecule is CCCC1CCCCN1Cc1cc(CNC)oc1C. The molecule has 1 N–H and O–H groups in total. The smallest absolute Gasteiger partial charge is 0.118 e. The first kappa shape index (κ1) is 14.6. The lowest BCUT2D eigenvalue weighted by Gasteiger charge is -2.35. The fourth-order valence-corrected chi connectivity index (χ4v) is 3.15. The van der Waals surface area contributed by atoms with E-state index < -0.39 is 0 Å². The van der Waals surface area contributed by atoms with Crippen molar-refractivity contribution in [1.29, 1.82) is 0 Å². The minimum Gasteiger partial charge on any atom is -0.465 e.